The predicted molar refractivity (Wildman–Crippen MR) is 85.3 cm³/mol. The minimum Gasteiger partial charge on any atom is -0.472 e. The number of piperidine rings is 1. The Hall–Kier alpha value is -1.10. The lowest BCUT2D eigenvalue weighted by atomic mass is 10.00. The Bertz CT molecular complexity index is 592. The second-order valence-corrected chi connectivity index (χ2v) is 7.90. The molecule has 0 aromatic carbocycles. The fourth-order valence-corrected chi connectivity index (χ4v) is 4.80. The largest absolute Gasteiger partial charge is 0.472 e. The van der Waals surface area contributed by atoms with Crippen molar-refractivity contribution in [1.82, 2.24) is 9.80 Å². The summed E-state index contributed by atoms with van der Waals surface area (Å²) in [7, 11) is 0. The first-order valence-electron chi connectivity index (χ1n) is 7.79. The summed E-state index contributed by atoms with van der Waals surface area (Å²) in [5.41, 5.74) is 1.30. The second kappa shape index (κ2) is 5.59. The molecule has 2 aromatic heterocycles. The molecule has 2 aliphatic rings. The molecule has 0 N–H and O–H groups in total. The summed E-state index contributed by atoms with van der Waals surface area (Å²) in [6.45, 7) is 8.08. The maximum atomic E-state index is 5.19. The minimum absolute atomic E-state index is 0.734. The van der Waals surface area contributed by atoms with Gasteiger partial charge in [0, 0.05) is 54.1 Å². The molecule has 0 saturated carbocycles. The highest BCUT2D eigenvalue weighted by Gasteiger charge is 2.38. The van der Waals surface area contributed by atoms with Crippen LogP contribution in [0.15, 0.2) is 35.1 Å². The fourth-order valence-electron chi connectivity index (χ4n) is 3.88. The lowest BCUT2D eigenvalue weighted by molar-refractivity contribution is 0.153. The lowest BCUT2D eigenvalue weighted by Gasteiger charge is -2.32. The van der Waals surface area contributed by atoms with Crippen molar-refractivity contribution in [3.8, 4) is 0 Å². The van der Waals surface area contributed by atoms with Crippen molar-refractivity contribution in [1.29, 1.82) is 0 Å². The van der Waals surface area contributed by atoms with Crippen LogP contribution >= 0.6 is 11.3 Å². The molecular formula is C17H22N2OS. The first-order chi connectivity index (χ1) is 10.3. The van der Waals surface area contributed by atoms with Gasteiger partial charge in [0.05, 0.1) is 12.5 Å². The fraction of sp³-hybridized carbons (Fsp3) is 0.529. The first kappa shape index (κ1) is 13.6. The average Bonchev–Trinajstić information content (AvgIpc) is 3.14. The average molecular weight is 302 g/mol. The number of thiophene rings is 1. The zero-order chi connectivity index (χ0) is 14.2. The van der Waals surface area contributed by atoms with E-state index < -0.39 is 0 Å². The molecule has 2 bridgehead atoms. The quantitative estimate of drug-likeness (QED) is 0.863. The van der Waals surface area contributed by atoms with E-state index in [1.54, 1.807) is 6.26 Å². The van der Waals surface area contributed by atoms with Crippen molar-refractivity contribution >= 4 is 11.3 Å². The van der Waals surface area contributed by atoms with Gasteiger partial charge in [0.1, 0.15) is 0 Å². The van der Waals surface area contributed by atoms with Crippen LogP contribution in [-0.2, 0) is 13.1 Å². The van der Waals surface area contributed by atoms with Gasteiger partial charge in [-0.25, -0.2) is 0 Å². The van der Waals surface area contributed by atoms with E-state index in [0.717, 1.165) is 25.0 Å². The van der Waals surface area contributed by atoms with Gasteiger partial charge in [0.25, 0.3) is 0 Å². The molecule has 2 aliphatic heterocycles. The third-order valence-electron chi connectivity index (χ3n) is 4.74. The molecule has 2 atom stereocenters. The van der Waals surface area contributed by atoms with Crippen LogP contribution in [0.4, 0.5) is 0 Å². The number of aryl methyl sites for hydroxylation is 1. The molecule has 4 rings (SSSR count). The van der Waals surface area contributed by atoms with E-state index in [9.17, 15) is 0 Å². The standard InChI is InChI=1S/C17H22N2OS/c1-13-2-3-17(21-13)11-19-9-15-6-16(19)10-18(8-15)7-14-4-5-20-12-14/h2-5,12,15-16H,6-11H2,1H3/t15-,16-/m0/s1. The van der Waals surface area contributed by atoms with Crippen LogP contribution in [0.25, 0.3) is 0 Å². The molecule has 0 amide bonds. The van der Waals surface area contributed by atoms with Gasteiger partial charge in [-0.1, -0.05) is 0 Å². The molecule has 2 saturated heterocycles. The van der Waals surface area contributed by atoms with Crippen LogP contribution in [-0.4, -0.2) is 35.5 Å². The van der Waals surface area contributed by atoms with Crippen LogP contribution in [0.1, 0.15) is 21.7 Å². The van der Waals surface area contributed by atoms with Crippen molar-refractivity contribution < 1.29 is 4.42 Å². The zero-order valence-electron chi connectivity index (χ0n) is 12.5. The highest BCUT2D eigenvalue weighted by Crippen LogP contribution is 2.32. The van der Waals surface area contributed by atoms with Crippen molar-refractivity contribution in [2.75, 3.05) is 19.6 Å². The van der Waals surface area contributed by atoms with E-state index in [1.165, 1.54) is 41.4 Å². The summed E-state index contributed by atoms with van der Waals surface area (Å²) in [5, 5.41) is 0. The van der Waals surface area contributed by atoms with Crippen molar-refractivity contribution in [2.45, 2.75) is 32.5 Å². The first-order valence-corrected chi connectivity index (χ1v) is 8.61. The SMILES string of the molecule is Cc1ccc(CN2C[C@H]3C[C@H]2CN(Cc2ccoc2)C3)s1. The molecule has 2 aromatic rings. The van der Waals surface area contributed by atoms with Crippen molar-refractivity contribution in [3.63, 3.8) is 0 Å². The van der Waals surface area contributed by atoms with E-state index in [4.69, 9.17) is 4.42 Å². The maximum Gasteiger partial charge on any atom is 0.0947 e. The number of furan rings is 1. The molecule has 4 heteroatoms. The van der Waals surface area contributed by atoms with Gasteiger partial charge in [-0.05, 0) is 37.5 Å². The van der Waals surface area contributed by atoms with Gasteiger partial charge >= 0.3 is 0 Å². The third-order valence-corrected chi connectivity index (χ3v) is 5.73. The maximum absolute atomic E-state index is 5.19. The summed E-state index contributed by atoms with van der Waals surface area (Å²) in [6.07, 6.45) is 5.04. The smallest absolute Gasteiger partial charge is 0.0947 e. The summed E-state index contributed by atoms with van der Waals surface area (Å²) >= 11 is 1.95. The molecule has 21 heavy (non-hydrogen) atoms. The van der Waals surface area contributed by atoms with Gasteiger partial charge in [-0.15, -0.1) is 11.3 Å². The number of hydrogen-bond donors (Lipinski definition) is 0. The Balaban J connectivity index is 1.40. The number of nitrogens with zero attached hydrogens (tertiary/aromatic N) is 2. The predicted octanol–water partition coefficient (Wildman–Crippen LogP) is 3.36. The Morgan fingerprint density at radius 2 is 2.14 bits per heavy atom. The van der Waals surface area contributed by atoms with E-state index in [2.05, 4.69) is 34.9 Å². The molecular weight excluding hydrogens is 280 g/mol. The lowest BCUT2D eigenvalue weighted by Crippen LogP contribution is -2.41. The monoisotopic (exact) mass is 302 g/mol. The molecule has 0 spiro atoms. The molecule has 112 valence electrons. The Kier molecular flexibility index (Phi) is 3.61. The van der Waals surface area contributed by atoms with Crippen molar-refractivity contribution in [3.05, 3.63) is 46.0 Å². The number of likely N-dealkylation sites (tertiary alicyclic amines) is 2. The molecule has 4 heterocycles. The van der Waals surface area contributed by atoms with Crippen LogP contribution < -0.4 is 0 Å². The van der Waals surface area contributed by atoms with Crippen LogP contribution in [0, 0.1) is 12.8 Å². The zero-order valence-corrected chi connectivity index (χ0v) is 13.3. The van der Waals surface area contributed by atoms with E-state index in [0.29, 0.717) is 0 Å². The summed E-state index contributed by atoms with van der Waals surface area (Å²) in [5.74, 6) is 0.844. The number of hydrogen-bond acceptors (Lipinski definition) is 4. The number of fused-ring (bicyclic) bond motifs is 2. The second-order valence-electron chi connectivity index (χ2n) is 6.52. The Morgan fingerprint density at radius 1 is 1.19 bits per heavy atom. The topological polar surface area (TPSA) is 19.6 Å². The highest BCUT2D eigenvalue weighted by molar-refractivity contribution is 7.11. The highest BCUT2D eigenvalue weighted by atomic mass is 32.1. The summed E-state index contributed by atoms with van der Waals surface area (Å²) in [6, 6.07) is 7.36. The molecule has 3 nitrogen and oxygen atoms in total. The normalized spacial score (nSPS) is 26.5. The van der Waals surface area contributed by atoms with Crippen molar-refractivity contribution in [2.24, 2.45) is 5.92 Å². The Labute approximate surface area is 130 Å². The van der Waals surface area contributed by atoms with Crippen LogP contribution in [0.5, 0.6) is 0 Å². The van der Waals surface area contributed by atoms with E-state index in [1.807, 2.05) is 17.6 Å². The van der Waals surface area contributed by atoms with Crippen LogP contribution in [0.2, 0.25) is 0 Å². The summed E-state index contributed by atoms with van der Waals surface area (Å²) < 4.78 is 5.19. The van der Waals surface area contributed by atoms with E-state index in [-0.39, 0.29) is 0 Å². The minimum atomic E-state index is 0.734. The van der Waals surface area contributed by atoms with Gasteiger partial charge in [0.15, 0.2) is 0 Å². The van der Waals surface area contributed by atoms with Gasteiger partial charge < -0.3 is 4.42 Å². The van der Waals surface area contributed by atoms with E-state index >= 15 is 0 Å². The molecule has 0 unspecified atom stereocenters. The Morgan fingerprint density at radius 3 is 2.90 bits per heavy atom. The van der Waals surface area contributed by atoms with Gasteiger partial charge in [-0.2, -0.15) is 0 Å². The third kappa shape index (κ3) is 2.93. The van der Waals surface area contributed by atoms with Gasteiger partial charge in [0.2, 0.25) is 0 Å². The number of rotatable bonds is 4. The molecule has 2 fully saturated rings. The molecule has 0 radical (unpaired) electrons. The summed E-state index contributed by atoms with van der Waals surface area (Å²) in [4.78, 5) is 8.24. The molecule has 0 aliphatic carbocycles. The van der Waals surface area contributed by atoms with Crippen LogP contribution in [0.3, 0.4) is 0 Å². The van der Waals surface area contributed by atoms with Gasteiger partial charge in [-0.3, -0.25) is 9.80 Å².